The van der Waals surface area contributed by atoms with Crippen LogP contribution in [0.5, 0.6) is 5.75 Å². The minimum absolute atomic E-state index is 0.205. The Bertz CT molecular complexity index is 1170. The quantitative estimate of drug-likeness (QED) is 0.508. The van der Waals surface area contributed by atoms with Gasteiger partial charge in [0.1, 0.15) is 11.4 Å². The van der Waals surface area contributed by atoms with E-state index in [0.717, 1.165) is 33.8 Å². The molecule has 3 aromatic rings. The number of rotatable bonds is 4. The smallest absolute Gasteiger partial charge is 0.329 e. The Morgan fingerprint density at radius 3 is 2.43 bits per heavy atom. The highest BCUT2D eigenvalue weighted by Crippen LogP contribution is 2.25. The number of amides is 3. The molecule has 2 aromatic carbocycles. The Hall–Kier alpha value is -3.80. The average molecular weight is 401 g/mol. The largest absolute Gasteiger partial charge is 0.508 e. The molecule has 1 aliphatic rings. The summed E-state index contributed by atoms with van der Waals surface area (Å²) in [4.78, 5) is 26.5. The molecule has 0 unspecified atom stereocenters. The number of carbonyl (C=O) groups is 2. The summed E-state index contributed by atoms with van der Waals surface area (Å²) < 4.78 is 2.04. The van der Waals surface area contributed by atoms with E-state index in [-0.39, 0.29) is 23.9 Å². The molecule has 6 nitrogen and oxygen atoms in total. The van der Waals surface area contributed by atoms with Crippen molar-refractivity contribution < 1.29 is 14.7 Å². The van der Waals surface area contributed by atoms with Crippen molar-refractivity contribution in [2.45, 2.75) is 27.3 Å². The van der Waals surface area contributed by atoms with Crippen molar-refractivity contribution >= 4 is 18.0 Å². The van der Waals surface area contributed by atoms with Gasteiger partial charge in [-0.1, -0.05) is 29.8 Å². The van der Waals surface area contributed by atoms with Crippen LogP contribution >= 0.6 is 0 Å². The number of urea groups is 1. The van der Waals surface area contributed by atoms with Crippen LogP contribution in [0.1, 0.15) is 28.1 Å². The van der Waals surface area contributed by atoms with Crippen molar-refractivity contribution in [1.82, 2.24) is 14.8 Å². The van der Waals surface area contributed by atoms with Crippen molar-refractivity contribution in [3.05, 3.63) is 88.4 Å². The lowest BCUT2D eigenvalue weighted by atomic mass is 10.1. The maximum Gasteiger partial charge on any atom is 0.329 e. The number of phenolic OH excluding ortho intramolecular Hbond substituents is 1. The third-order valence-corrected chi connectivity index (χ3v) is 5.26. The van der Waals surface area contributed by atoms with E-state index in [4.69, 9.17) is 0 Å². The minimum atomic E-state index is -0.417. The molecule has 3 amide bonds. The lowest BCUT2D eigenvalue weighted by molar-refractivity contribution is -0.123. The molecule has 4 rings (SSSR count). The number of hydrogen-bond donors (Lipinski definition) is 2. The monoisotopic (exact) mass is 401 g/mol. The van der Waals surface area contributed by atoms with Crippen LogP contribution in [-0.4, -0.2) is 26.5 Å². The van der Waals surface area contributed by atoms with Gasteiger partial charge in [-0.05, 0) is 68.3 Å². The average Bonchev–Trinajstić information content (AvgIpc) is 3.13. The maximum atomic E-state index is 12.9. The number of aromatic hydroxyl groups is 1. The zero-order valence-electron chi connectivity index (χ0n) is 17.1. The van der Waals surface area contributed by atoms with E-state index in [1.807, 2.05) is 67.8 Å². The predicted molar refractivity (Wildman–Crippen MR) is 115 cm³/mol. The van der Waals surface area contributed by atoms with Gasteiger partial charge in [0.2, 0.25) is 0 Å². The molecule has 0 spiro atoms. The molecule has 1 saturated heterocycles. The molecule has 1 fully saturated rings. The van der Waals surface area contributed by atoms with Gasteiger partial charge in [-0.2, -0.15) is 0 Å². The number of nitrogens with zero attached hydrogens (tertiary/aromatic N) is 2. The third kappa shape index (κ3) is 3.59. The van der Waals surface area contributed by atoms with Crippen LogP contribution in [0.3, 0.4) is 0 Å². The zero-order valence-corrected chi connectivity index (χ0v) is 17.1. The second-order valence-corrected chi connectivity index (χ2v) is 7.55. The fraction of sp³-hybridized carbons (Fsp3) is 0.167. The first-order chi connectivity index (χ1) is 14.3. The molecule has 2 heterocycles. The summed E-state index contributed by atoms with van der Waals surface area (Å²) in [6.07, 6.45) is 1.72. The van der Waals surface area contributed by atoms with E-state index < -0.39 is 6.03 Å². The number of nitrogens with one attached hydrogen (secondary N) is 1. The molecule has 0 bridgehead atoms. The molecule has 152 valence electrons. The number of hydrogen-bond acceptors (Lipinski definition) is 3. The van der Waals surface area contributed by atoms with Gasteiger partial charge in [-0.25, -0.2) is 4.79 Å². The number of aromatic nitrogens is 1. The Morgan fingerprint density at radius 1 is 1.00 bits per heavy atom. The van der Waals surface area contributed by atoms with Crippen molar-refractivity contribution in [2.24, 2.45) is 0 Å². The summed E-state index contributed by atoms with van der Waals surface area (Å²) in [5.41, 5.74) is 5.93. The molecule has 0 atom stereocenters. The van der Waals surface area contributed by atoms with Crippen LogP contribution in [0, 0.1) is 20.8 Å². The van der Waals surface area contributed by atoms with Gasteiger partial charge in [0, 0.05) is 17.1 Å². The normalized spacial score (nSPS) is 15.2. The molecular weight excluding hydrogens is 378 g/mol. The summed E-state index contributed by atoms with van der Waals surface area (Å²) in [7, 11) is 0. The SMILES string of the molecule is Cc1cccc(CN2C(=O)N/C(=C/c3cc(C)n(-c4ccc(O)cc4)c3C)C2=O)c1. The molecule has 0 radical (unpaired) electrons. The van der Waals surface area contributed by atoms with Crippen molar-refractivity contribution in [3.8, 4) is 11.4 Å². The van der Waals surface area contributed by atoms with Crippen LogP contribution < -0.4 is 5.32 Å². The van der Waals surface area contributed by atoms with Crippen LogP contribution in [-0.2, 0) is 11.3 Å². The lowest BCUT2D eigenvalue weighted by Crippen LogP contribution is -2.30. The number of aryl methyl sites for hydroxylation is 2. The molecule has 0 saturated carbocycles. The number of imide groups is 1. The van der Waals surface area contributed by atoms with E-state index in [2.05, 4.69) is 5.32 Å². The van der Waals surface area contributed by atoms with Crippen molar-refractivity contribution in [2.75, 3.05) is 0 Å². The van der Waals surface area contributed by atoms with Crippen LogP contribution in [0.15, 0.2) is 60.3 Å². The fourth-order valence-corrected chi connectivity index (χ4v) is 3.80. The van der Waals surface area contributed by atoms with Gasteiger partial charge in [-0.15, -0.1) is 0 Å². The highest BCUT2D eigenvalue weighted by molar-refractivity contribution is 6.14. The zero-order chi connectivity index (χ0) is 21.4. The van der Waals surface area contributed by atoms with E-state index in [0.29, 0.717) is 0 Å². The topological polar surface area (TPSA) is 74.6 Å². The van der Waals surface area contributed by atoms with E-state index in [1.54, 1.807) is 18.2 Å². The Labute approximate surface area is 175 Å². The van der Waals surface area contributed by atoms with E-state index >= 15 is 0 Å². The standard InChI is InChI=1S/C24H23N3O3/c1-15-5-4-6-18(11-15)14-26-23(29)22(25-24(26)30)13-19-12-16(2)27(17(19)3)20-7-9-21(28)10-8-20/h4-13,28H,14H2,1-3H3,(H,25,30)/b22-13+. The summed E-state index contributed by atoms with van der Waals surface area (Å²) in [5, 5.41) is 12.2. The first kappa shape index (κ1) is 19.5. The molecule has 30 heavy (non-hydrogen) atoms. The third-order valence-electron chi connectivity index (χ3n) is 5.26. The lowest BCUT2D eigenvalue weighted by Gasteiger charge is -2.12. The van der Waals surface area contributed by atoms with Crippen LogP contribution in [0.25, 0.3) is 11.8 Å². The van der Waals surface area contributed by atoms with Gasteiger partial charge in [0.25, 0.3) is 5.91 Å². The van der Waals surface area contributed by atoms with Crippen molar-refractivity contribution in [3.63, 3.8) is 0 Å². The van der Waals surface area contributed by atoms with Gasteiger partial charge in [0.15, 0.2) is 0 Å². The first-order valence-corrected chi connectivity index (χ1v) is 9.72. The highest BCUT2D eigenvalue weighted by Gasteiger charge is 2.33. The summed E-state index contributed by atoms with van der Waals surface area (Å²) >= 11 is 0. The summed E-state index contributed by atoms with van der Waals surface area (Å²) in [6.45, 7) is 6.14. The molecule has 6 heteroatoms. The van der Waals surface area contributed by atoms with Crippen LogP contribution in [0.4, 0.5) is 4.79 Å². The molecular formula is C24H23N3O3. The number of phenols is 1. The fourth-order valence-electron chi connectivity index (χ4n) is 3.80. The predicted octanol–water partition coefficient (Wildman–Crippen LogP) is 4.20. The molecule has 2 N–H and O–H groups in total. The molecule has 0 aliphatic carbocycles. The van der Waals surface area contributed by atoms with Gasteiger partial charge in [0.05, 0.1) is 6.54 Å². The summed E-state index contributed by atoms with van der Waals surface area (Å²) in [6, 6.07) is 16.2. The molecule has 1 aliphatic heterocycles. The Balaban J connectivity index is 1.62. The first-order valence-electron chi connectivity index (χ1n) is 9.72. The maximum absolute atomic E-state index is 12.9. The van der Waals surface area contributed by atoms with E-state index in [1.165, 1.54) is 4.90 Å². The highest BCUT2D eigenvalue weighted by atomic mass is 16.3. The Morgan fingerprint density at radius 2 is 1.73 bits per heavy atom. The summed E-state index contributed by atoms with van der Waals surface area (Å²) in [5.74, 6) is -0.132. The van der Waals surface area contributed by atoms with Gasteiger partial charge < -0.3 is 15.0 Å². The molecule has 1 aromatic heterocycles. The van der Waals surface area contributed by atoms with Crippen LogP contribution in [0.2, 0.25) is 0 Å². The van der Waals surface area contributed by atoms with Gasteiger partial charge in [-0.3, -0.25) is 9.69 Å². The second kappa shape index (κ2) is 7.55. The van der Waals surface area contributed by atoms with Crippen molar-refractivity contribution in [1.29, 1.82) is 0 Å². The van der Waals surface area contributed by atoms with E-state index in [9.17, 15) is 14.7 Å². The van der Waals surface area contributed by atoms with Gasteiger partial charge >= 0.3 is 6.03 Å². The number of benzene rings is 2. The minimum Gasteiger partial charge on any atom is -0.508 e. The second-order valence-electron chi connectivity index (χ2n) is 7.55. The Kier molecular flexibility index (Phi) is 4.91. The number of carbonyl (C=O) groups excluding carboxylic acids is 2.